The second-order valence-electron chi connectivity index (χ2n) is 8.20. The summed E-state index contributed by atoms with van der Waals surface area (Å²) in [5.74, 6) is 0.136. The average molecular weight is 460 g/mol. The Labute approximate surface area is 195 Å². The van der Waals surface area contributed by atoms with Crippen LogP contribution in [-0.2, 0) is 16.9 Å². The first-order chi connectivity index (χ1) is 16.4. The van der Waals surface area contributed by atoms with Crippen molar-refractivity contribution in [1.29, 1.82) is 0 Å². The highest BCUT2D eigenvalue weighted by Crippen LogP contribution is 2.34. The molecule has 174 valence electrons. The molecule has 1 fully saturated rings. The van der Waals surface area contributed by atoms with Crippen molar-refractivity contribution >= 4 is 17.5 Å². The molecule has 1 atom stereocenters. The van der Waals surface area contributed by atoms with Crippen molar-refractivity contribution in [2.24, 2.45) is 0 Å². The maximum absolute atomic E-state index is 12.4. The monoisotopic (exact) mass is 460 g/mol. The number of carbonyl (C=O) groups excluding carboxylic acids is 1. The number of likely N-dealkylation sites (tertiary alicyclic amines) is 1. The third-order valence-corrected chi connectivity index (χ3v) is 5.87. The van der Waals surface area contributed by atoms with Crippen LogP contribution in [0.3, 0.4) is 0 Å². The SMILES string of the molecule is CCn1cc(Nc2nccc(-c3cccc(-c4cc(C5(O)CCN(C)C5=O)on4)n3)n2)c(C)n1. The maximum Gasteiger partial charge on any atom is 0.262 e. The van der Waals surface area contributed by atoms with E-state index < -0.39 is 11.5 Å². The van der Waals surface area contributed by atoms with Gasteiger partial charge in [0.2, 0.25) is 11.5 Å². The minimum absolute atomic E-state index is 0.112. The lowest BCUT2D eigenvalue weighted by atomic mass is 9.98. The highest BCUT2D eigenvalue weighted by atomic mass is 16.5. The average Bonchev–Trinajstić information content (AvgIpc) is 3.55. The number of carbonyl (C=O) groups is 1. The van der Waals surface area contributed by atoms with Gasteiger partial charge in [-0.15, -0.1) is 0 Å². The van der Waals surface area contributed by atoms with Gasteiger partial charge in [0.05, 0.1) is 28.5 Å². The fraction of sp³-hybridized carbons (Fsp3) is 0.304. The molecule has 1 amide bonds. The molecule has 0 radical (unpaired) electrons. The number of anilines is 2. The summed E-state index contributed by atoms with van der Waals surface area (Å²) in [6.07, 6.45) is 3.81. The maximum atomic E-state index is 12.4. The molecule has 0 spiro atoms. The number of nitrogens with one attached hydrogen (secondary N) is 1. The summed E-state index contributed by atoms with van der Waals surface area (Å²) in [5.41, 5.74) is 2.17. The van der Waals surface area contributed by atoms with Crippen LogP contribution in [0.2, 0.25) is 0 Å². The van der Waals surface area contributed by atoms with Gasteiger partial charge in [-0.1, -0.05) is 11.2 Å². The number of hydrogen-bond donors (Lipinski definition) is 2. The number of pyridine rings is 1. The minimum Gasteiger partial charge on any atom is -0.373 e. The van der Waals surface area contributed by atoms with E-state index in [1.165, 1.54) is 4.90 Å². The van der Waals surface area contributed by atoms with E-state index in [1.807, 2.05) is 36.9 Å². The topological polar surface area (TPSA) is 135 Å². The van der Waals surface area contributed by atoms with Gasteiger partial charge in [-0.05, 0) is 32.0 Å². The Kier molecular flexibility index (Phi) is 5.33. The van der Waals surface area contributed by atoms with Gasteiger partial charge in [0, 0.05) is 45.0 Å². The molecule has 1 aliphatic rings. The standard InChI is InChI=1S/C23H24N8O3/c1-4-31-13-19(14(2)28-31)27-22-24-10-8-17(26-22)15-6-5-7-16(25-15)18-12-20(34-29-18)23(33)9-11-30(3)21(23)32/h5-8,10,12-13,33H,4,9,11H2,1-3H3,(H,24,26,27). The molecule has 1 saturated heterocycles. The van der Waals surface area contributed by atoms with E-state index in [0.29, 0.717) is 35.3 Å². The lowest BCUT2D eigenvalue weighted by molar-refractivity contribution is -0.144. The zero-order valence-corrected chi connectivity index (χ0v) is 19.1. The van der Waals surface area contributed by atoms with Crippen molar-refractivity contribution in [3.63, 3.8) is 0 Å². The van der Waals surface area contributed by atoms with Crippen LogP contribution in [0.25, 0.3) is 22.8 Å². The van der Waals surface area contributed by atoms with Crippen molar-refractivity contribution in [3.8, 4) is 22.8 Å². The predicted octanol–water partition coefficient (Wildman–Crippen LogP) is 2.51. The van der Waals surface area contributed by atoms with Crippen LogP contribution in [0.5, 0.6) is 0 Å². The Morgan fingerprint density at radius 3 is 2.65 bits per heavy atom. The van der Waals surface area contributed by atoms with Gasteiger partial charge in [-0.3, -0.25) is 9.48 Å². The van der Waals surface area contributed by atoms with Crippen LogP contribution in [0.4, 0.5) is 11.6 Å². The summed E-state index contributed by atoms with van der Waals surface area (Å²) in [6, 6.07) is 8.77. The quantitative estimate of drug-likeness (QED) is 0.445. The molecule has 5 rings (SSSR count). The first kappa shape index (κ1) is 21.7. The molecule has 34 heavy (non-hydrogen) atoms. The molecular weight excluding hydrogens is 436 g/mol. The summed E-state index contributed by atoms with van der Waals surface area (Å²) < 4.78 is 7.19. The second-order valence-corrected chi connectivity index (χ2v) is 8.20. The molecule has 11 nitrogen and oxygen atoms in total. The fourth-order valence-corrected chi connectivity index (χ4v) is 3.88. The number of likely N-dealkylation sites (N-methyl/N-ethyl adjacent to an activating group) is 1. The summed E-state index contributed by atoms with van der Waals surface area (Å²) in [7, 11) is 1.64. The zero-order valence-electron chi connectivity index (χ0n) is 19.1. The Hall–Kier alpha value is -4.12. The van der Waals surface area contributed by atoms with Crippen LogP contribution < -0.4 is 5.32 Å². The van der Waals surface area contributed by atoms with E-state index >= 15 is 0 Å². The molecule has 0 saturated carbocycles. The van der Waals surface area contributed by atoms with Crippen LogP contribution in [0.1, 0.15) is 24.8 Å². The van der Waals surface area contributed by atoms with Gasteiger partial charge in [0.15, 0.2) is 5.76 Å². The van der Waals surface area contributed by atoms with E-state index in [-0.39, 0.29) is 12.2 Å². The zero-order chi connectivity index (χ0) is 23.9. The first-order valence-electron chi connectivity index (χ1n) is 10.9. The molecule has 5 heterocycles. The van der Waals surface area contributed by atoms with Crippen LogP contribution in [0.15, 0.2) is 47.2 Å². The number of hydrogen-bond acceptors (Lipinski definition) is 9. The van der Waals surface area contributed by atoms with Crippen molar-refractivity contribution in [2.75, 3.05) is 18.9 Å². The summed E-state index contributed by atoms with van der Waals surface area (Å²) in [6.45, 7) is 5.16. The Morgan fingerprint density at radius 2 is 1.94 bits per heavy atom. The molecule has 0 aromatic carbocycles. The molecular formula is C23H24N8O3. The smallest absolute Gasteiger partial charge is 0.262 e. The Morgan fingerprint density at radius 1 is 1.18 bits per heavy atom. The molecule has 2 N–H and O–H groups in total. The normalized spacial score (nSPS) is 18.0. The molecule has 4 aromatic rings. The highest BCUT2D eigenvalue weighted by Gasteiger charge is 2.48. The van der Waals surface area contributed by atoms with Crippen molar-refractivity contribution < 1.29 is 14.4 Å². The van der Waals surface area contributed by atoms with E-state index in [4.69, 9.17) is 4.52 Å². The number of rotatable bonds is 6. The first-order valence-corrected chi connectivity index (χ1v) is 10.9. The lowest BCUT2D eigenvalue weighted by Gasteiger charge is -2.16. The fourth-order valence-electron chi connectivity index (χ4n) is 3.88. The number of amides is 1. The molecule has 0 bridgehead atoms. The van der Waals surface area contributed by atoms with Crippen molar-refractivity contribution in [2.45, 2.75) is 32.4 Å². The summed E-state index contributed by atoms with van der Waals surface area (Å²) in [4.78, 5) is 27.4. The molecule has 11 heteroatoms. The largest absolute Gasteiger partial charge is 0.373 e. The van der Waals surface area contributed by atoms with Gasteiger partial charge in [0.1, 0.15) is 5.69 Å². The molecule has 0 aliphatic carbocycles. The van der Waals surface area contributed by atoms with E-state index in [0.717, 1.165) is 17.9 Å². The number of aryl methyl sites for hydroxylation is 2. The Balaban J connectivity index is 1.41. The van der Waals surface area contributed by atoms with Crippen LogP contribution in [0, 0.1) is 6.92 Å². The van der Waals surface area contributed by atoms with E-state index in [1.54, 1.807) is 31.4 Å². The molecule has 1 unspecified atom stereocenters. The van der Waals surface area contributed by atoms with Crippen LogP contribution >= 0.6 is 0 Å². The van der Waals surface area contributed by atoms with Gasteiger partial charge in [-0.25, -0.2) is 15.0 Å². The van der Waals surface area contributed by atoms with Gasteiger partial charge < -0.3 is 19.8 Å². The summed E-state index contributed by atoms with van der Waals surface area (Å²) >= 11 is 0. The molecule has 1 aliphatic heterocycles. The van der Waals surface area contributed by atoms with E-state index in [2.05, 4.69) is 30.5 Å². The van der Waals surface area contributed by atoms with Gasteiger partial charge in [-0.2, -0.15) is 5.10 Å². The van der Waals surface area contributed by atoms with Crippen molar-refractivity contribution in [1.82, 2.24) is 34.8 Å². The summed E-state index contributed by atoms with van der Waals surface area (Å²) in [5, 5.41) is 22.5. The van der Waals surface area contributed by atoms with Gasteiger partial charge in [0.25, 0.3) is 5.91 Å². The van der Waals surface area contributed by atoms with E-state index in [9.17, 15) is 9.90 Å². The van der Waals surface area contributed by atoms with Crippen molar-refractivity contribution in [3.05, 3.63) is 54.2 Å². The molecule has 4 aromatic heterocycles. The number of aromatic nitrogens is 6. The third-order valence-electron chi connectivity index (χ3n) is 5.87. The predicted molar refractivity (Wildman–Crippen MR) is 123 cm³/mol. The van der Waals surface area contributed by atoms with Gasteiger partial charge >= 0.3 is 0 Å². The second kappa shape index (κ2) is 8.34. The lowest BCUT2D eigenvalue weighted by Crippen LogP contribution is -2.35. The third kappa shape index (κ3) is 3.79. The highest BCUT2D eigenvalue weighted by molar-refractivity contribution is 5.87. The number of nitrogens with zero attached hydrogens (tertiary/aromatic N) is 7. The minimum atomic E-state index is -1.70. The Bertz CT molecular complexity index is 1360. The number of aliphatic hydroxyl groups is 1. The van der Waals surface area contributed by atoms with Crippen LogP contribution in [-0.4, -0.2) is 59.4 Å².